The standard InChI is InChI=1S/C12H9N3O4/c1-8-6-11(15(18)19)12(13-7-8)9-4-2-3-5-10(9)14(16)17/h2-7H,1H3. The highest BCUT2D eigenvalue weighted by molar-refractivity contribution is 5.77. The fraction of sp³-hybridized carbons (Fsp3) is 0.0833. The number of rotatable bonds is 3. The van der Waals surface area contributed by atoms with E-state index in [1.165, 1.54) is 30.5 Å². The molecule has 0 unspecified atom stereocenters. The number of benzene rings is 1. The van der Waals surface area contributed by atoms with Crippen LogP contribution in [0.4, 0.5) is 11.4 Å². The van der Waals surface area contributed by atoms with Gasteiger partial charge in [0.2, 0.25) is 0 Å². The summed E-state index contributed by atoms with van der Waals surface area (Å²) in [6.45, 7) is 1.67. The van der Waals surface area contributed by atoms with E-state index < -0.39 is 9.85 Å². The Kier molecular flexibility index (Phi) is 3.19. The Morgan fingerprint density at radius 2 is 1.68 bits per heavy atom. The molecule has 0 bridgehead atoms. The lowest BCUT2D eigenvalue weighted by molar-refractivity contribution is -0.386. The number of nitro groups is 2. The van der Waals surface area contributed by atoms with Gasteiger partial charge in [-0.25, -0.2) is 4.98 Å². The van der Waals surface area contributed by atoms with Gasteiger partial charge in [0, 0.05) is 18.3 Å². The van der Waals surface area contributed by atoms with Crippen molar-refractivity contribution in [3.8, 4) is 11.3 Å². The molecule has 0 atom stereocenters. The molecule has 0 amide bonds. The van der Waals surface area contributed by atoms with Crippen LogP contribution in [0.3, 0.4) is 0 Å². The Morgan fingerprint density at radius 3 is 2.32 bits per heavy atom. The zero-order chi connectivity index (χ0) is 14.0. The molecule has 0 saturated carbocycles. The Bertz CT molecular complexity index is 670. The molecule has 0 fully saturated rings. The summed E-state index contributed by atoms with van der Waals surface area (Å²) in [7, 11) is 0. The molecule has 0 N–H and O–H groups in total. The van der Waals surface area contributed by atoms with Crippen LogP contribution in [0.25, 0.3) is 11.3 Å². The van der Waals surface area contributed by atoms with Gasteiger partial charge in [-0.1, -0.05) is 12.1 Å². The zero-order valence-electron chi connectivity index (χ0n) is 9.94. The number of pyridine rings is 1. The van der Waals surface area contributed by atoms with Crippen molar-refractivity contribution in [1.82, 2.24) is 4.98 Å². The van der Waals surface area contributed by atoms with Crippen molar-refractivity contribution < 1.29 is 9.85 Å². The number of nitro benzene ring substituents is 1. The van der Waals surface area contributed by atoms with Crippen molar-refractivity contribution in [2.75, 3.05) is 0 Å². The van der Waals surface area contributed by atoms with E-state index in [9.17, 15) is 20.2 Å². The minimum atomic E-state index is -0.591. The maximum absolute atomic E-state index is 11.0. The molecule has 19 heavy (non-hydrogen) atoms. The average Bonchev–Trinajstić information content (AvgIpc) is 2.38. The van der Waals surface area contributed by atoms with E-state index in [0.717, 1.165) is 0 Å². The number of nitrogens with zero attached hydrogens (tertiary/aromatic N) is 3. The molecule has 0 aliphatic rings. The fourth-order valence-corrected chi connectivity index (χ4v) is 1.73. The summed E-state index contributed by atoms with van der Waals surface area (Å²) in [4.78, 5) is 24.8. The number of para-hydroxylation sites is 1. The second kappa shape index (κ2) is 4.81. The Hall–Kier alpha value is -2.83. The minimum absolute atomic E-state index is 0.00269. The predicted molar refractivity (Wildman–Crippen MR) is 67.7 cm³/mol. The molecule has 0 aliphatic heterocycles. The summed E-state index contributed by atoms with van der Waals surface area (Å²) in [5, 5.41) is 22.0. The van der Waals surface area contributed by atoms with Crippen LogP contribution in [0.1, 0.15) is 5.56 Å². The van der Waals surface area contributed by atoms with E-state index in [2.05, 4.69) is 4.98 Å². The number of aromatic nitrogens is 1. The summed E-state index contributed by atoms with van der Waals surface area (Å²) in [6.07, 6.45) is 1.44. The van der Waals surface area contributed by atoms with Gasteiger partial charge in [0.25, 0.3) is 11.4 Å². The molecule has 96 valence electrons. The van der Waals surface area contributed by atoms with Gasteiger partial charge in [0.05, 0.1) is 15.4 Å². The first kappa shape index (κ1) is 12.6. The molecule has 2 rings (SSSR count). The van der Waals surface area contributed by atoms with Gasteiger partial charge >= 0.3 is 0 Å². The number of aryl methyl sites for hydroxylation is 1. The van der Waals surface area contributed by atoms with Gasteiger partial charge < -0.3 is 0 Å². The molecule has 1 aromatic heterocycles. The van der Waals surface area contributed by atoms with Crippen molar-refractivity contribution in [2.24, 2.45) is 0 Å². The minimum Gasteiger partial charge on any atom is -0.258 e. The Labute approximate surface area is 107 Å². The van der Waals surface area contributed by atoms with E-state index in [1.807, 2.05) is 0 Å². The molecule has 0 aliphatic carbocycles. The van der Waals surface area contributed by atoms with Crippen molar-refractivity contribution in [2.45, 2.75) is 6.92 Å². The van der Waals surface area contributed by atoms with Crippen molar-refractivity contribution in [1.29, 1.82) is 0 Å². The highest BCUT2D eigenvalue weighted by atomic mass is 16.6. The third-order valence-corrected chi connectivity index (χ3v) is 2.56. The lowest BCUT2D eigenvalue weighted by Crippen LogP contribution is -1.98. The first-order chi connectivity index (χ1) is 9.00. The molecular formula is C12H9N3O4. The summed E-state index contributed by atoms with van der Waals surface area (Å²) < 4.78 is 0. The van der Waals surface area contributed by atoms with Crippen molar-refractivity contribution >= 4 is 11.4 Å². The third kappa shape index (κ3) is 2.39. The molecule has 7 nitrogen and oxygen atoms in total. The van der Waals surface area contributed by atoms with Gasteiger partial charge in [0.15, 0.2) is 5.69 Å². The van der Waals surface area contributed by atoms with Crippen LogP contribution in [0.15, 0.2) is 36.5 Å². The molecule has 1 aromatic carbocycles. The lowest BCUT2D eigenvalue weighted by Gasteiger charge is -2.04. The van der Waals surface area contributed by atoms with E-state index >= 15 is 0 Å². The fourth-order valence-electron chi connectivity index (χ4n) is 1.73. The van der Waals surface area contributed by atoms with Crippen molar-refractivity contribution in [3.05, 3.63) is 62.3 Å². The van der Waals surface area contributed by atoms with Crippen LogP contribution in [-0.4, -0.2) is 14.8 Å². The molecule has 0 saturated heterocycles. The van der Waals surface area contributed by atoms with Crippen LogP contribution in [-0.2, 0) is 0 Å². The second-order valence-electron chi connectivity index (χ2n) is 3.91. The average molecular weight is 259 g/mol. The van der Waals surface area contributed by atoms with E-state index in [-0.39, 0.29) is 22.6 Å². The highest BCUT2D eigenvalue weighted by Crippen LogP contribution is 2.34. The number of hydrogen-bond donors (Lipinski definition) is 0. The van der Waals surface area contributed by atoms with Crippen molar-refractivity contribution in [3.63, 3.8) is 0 Å². The maximum atomic E-state index is 11.0. The number of hydrogen-bond acceptors (Lipinski definition) is 5. The first-order valence-electron chi connectivity index (χ1n) is 5.35. The van der Waals surface area contributed by atoms with Gasteiger partial charge in [-0.15, -0.1) is 0 Å². The van der Waals surface area contributed by atoms with Crippen LogP contribution in [0, 0.1) is 27.2 Å². The monoisotopic (exact) mass is 259 g/mol. The second-order valence-corrected chi connectivity index (χ2v) is 3.91. The quantitative estimate of drug-likeness (QED) is 0.623. The normalized spacial score (nSPS) is 10.2. The topological polar surface area (TPSA) is 99.2 Å². The van der Waals surface area contributed by atoms with Gasteiger partial charge in [0.1, 0.15) is 0 Å². The van der Waals surface area contributed by atoms with Crippen LogP contribution in [0.2, 0.25) is 0 Å². The van der Waals surface area contributed by atoms with Crippen LogP contribution in [0.5, 0.6) is 0 Å². The highest BCUT2D eigenvalue weighted by Gasteiger charge is 2.23. The smallest absolute Gasteiger partial charge is 0.258 e. The largest absolute Gasteiger partial charge is 0.296 e. The summed E-state index contributed by atoms with van der Waals surface area (Å²) in [6, 6.07) is 7.16. The van der Waals surface area contributed by atoms with Crippen LogP contribution < -0.4 is 0 Å². The molecule has 1 heterocycles. The zero-order valence-corrected chi connectivity index (χ0v) is 9.94. The molecule has 2 aromatic rings. The van der Waals surface area contributed by atoms with E-state index in [0.29, 0.717) is 5.56 Å². The van der Waals surface area contributed by atoms with Gasteiger partial charge in [-0.2, -0.15) is 0 Å². The molecular weight excluding hydrogens is 250 g/mol. The van der Waals surface area contributed by atoms with E-state index in [4.69, 9.17) is 0 Å². The molecule has 0 spiro atoms. The maximum Gasteiger partial charge on any atom is 0.296 e. The predicted octanol–water partition coefficient (Wildman–Crippen LogP) is 2.87. The van der Waals surface area contributed by atoms with E-state index in [1.54, 1.807) is 13.0 Å². The molecule has 0 radical (unpaired) electrons. The van der Waals surface area contributed by atoms with Gasteiger partial charge in [-0.3, -0.25) is 20.2 Å². The lowest BCUT2D eigenvalue weighted by atomic mass is 10.1. The summed E-state index contributed by atoms with van der Waals surface area (Å²) in [5.74, 6) is 0. The van der Waals surface area contributed by atoms with Crippen LogP contribution >= 0.6 is 0 Å². The third-order valence-electron chi connectivity index (χ3n) is 2.56. The first-order valence-corrected chi connectivity index (χ1v) is 5.35. The summed E-state index contributed by atoms with van der Waals surface area (Å²) in [5.41, 5.74) is 0.312. The molecule has 7 heteroatoms. The Balaban J connectivity index is 2.72. The SMILES string of the molecule is Cc1cnc(-c2ccccc2[N+](=O)[O-])c([N+](=O)[O-])c1. The Morgan fingerprint density at radius 1 is 1.05 bits per heavy atom. The summed E-state index contributed by atoms with van der Waals surface area (Å²) >= 11 is 0. The van der Waals surface area contributed by atoms with Gasteiger partial charge in [-0.05, 0) is 18.6 Å².